The molecule has 0 spiro atoms. The molecule has 1 N–H and O–H groups in total. The number of benzene rings is 2. The molecule has 0 aliphatic carbocycles. The van der Waals surface area contributed by atoms with Crippen LogP contribution in [0.3, 0.4) is 0 Å². The lowest BCUT2D eigenvalue weighted by atomic mass is 10.00. The summed E-state index contributed by atoms with van der Waals surface area (Å²) in [5.41, 5.74) is 1.57. The first kappa shape index (κ1) is 18.6. The van der Waals surface area contributed by atoms with Crippen molar-refractivity contribution in [2.24, 2.45) is 0 Å². The van der Waals surface area contributed by atoms with E-state index in [2.05, 4.69) is 13.2 Å². The fraction of sp³-hybridized carbons (Fsp3) is 0.222. The Bertz CT molecular complexity index is 735. The van der Waals surface area contributed by atoms with Crippen LogP contribution in [-0.2, 0) is 31.4 Å². The van der Waals surface area contributed by atoms with Crippen LogP contribution in [0.2, 0.25) is 0 Å². The zero-order chi connectivity index (χ0) is 17.4. The van der Waals surface area contributed by atoms with E-state index in [1.54, 1.807) is 0 Å². The van der Waals surface area contributed by atoms with Gasteiger partial charge < -0.3 is 5.11 Å². The minimum atomic E-state index is -3.72. The van der Waals surface area contributed by atoms with Crippen LogP contribution in [0, 0.1) is 0 Å². The summed E-state index contributed by atoms with van der Waals surface area (Å²) in [4.78, 5) is 0. The Kier molecular flexibility index (Phi) is 6.91. The third kappa shape index (κ3) is 4.63. The van der Waals surface area contributed by atoms with Crippen molar-refractivity contribution >= 4 is 18.6 Å². The van der Waals surface area contributed by atoms with E-state index in [-0.39, 0.29) is 26.4 Å². The lowest BCUT2D eigenvalue weighted by Gasteiger charge is -2.17. The van der Waals surface area contributed by atoms with Gasteiger partial charge in [-0.3, -0.25) is 13.6 Å². The molecule has 0 unspecified atom stereocenters. The molecule has 128 valence electrons. The van der Waals surface area contributed by atoms with Crippen LogP contribution in [0.15, 0.2) is 61.7 Å². The Balaban J connectivity index is 2.26. The van der Waals surface area contributed by atoms with E-state index in [1.165, 1.54) is 12.2 Å². The van der Waals surface area contributed by atoms with E-state index < -0.39 is 7.82 Å². The largest absolute Gasteiger partial charge is 0.475 e. The van der Waals surface area contributed by atoms with Gasteiger partial charge >= 0.3 is 7.82 Å². The van der Waals surface area contributed by atoms with Crippen LogP contribution in [0.5, 0.6) is 0 Å². The molecule has 0 aromatic heterocycles. The molecule has 2 aromatic rings. The molecule has 0 saturated heterocycles. The number of fused-ring (bicyclic) bond motifs is 1. The number of aliphatic hydroxyl groups excluding tert-OH is 1. The predicted molar refractivity (Wildman–Crippen MR) is 94.6 cm³/mol. The molecule has 0 aliphatic heterocycles. The number of phosphoric ester groups is 1. The van der Waals surface area contributed by atoms with E-state index in [0.29, 0.717) is 0 Å². The molecular formula is C18H21O5P. The maximum Gasteiger partial charge on any atom is 0.475 e. The van der Waals surface area contributed by atoms with Gasteiger partial charge in [-0.05, 0) is 21.9 Å². The predicted octanol–water partition coefficient (Wildman–Crippen LogP) is 4.36. The molecule has 0 aliphatic rings. The number of hydrogen-bond donors (Lipinski definition) is 1. The summed E-state index contributed by atoms with van der Waals surface area (Å²) in [6, 6.07) is 11.3. The number of hydrogen-bond acceptors (Lipinski definition) is 5. The van der Waals surface area contributed by atoms with Crippen molar-refractivity contribution < 1.29 is 23.2 Å². The van der Waals surface area contributed by atoms with Gasteiger partial charge in [0.05, 0.1) is 26.4 Å². The third-order valence-electron chi connectivity index (χ3n) is 3.33. The van der Waals surface area contributed by atoms with Crippen molar-refractivity contribution in [3.05, 3.63) is 72.8 Å². The molecule has 24 heavy (non-hydrogen) atoms. The molecule has 6 heteroatoms. The molecule has 5 nitrogen and oxygen atoms in total. The summed E-state index contributed by atoms with van der Waals surface area (Å²) >= 11 is 0. The summed E-state index contributed by atoms with van der Waals surface area (Å²) in [5.74, 6) is 0. The van der Waals surface area contributed by atoms with Gasteiger partial charge in [-0.25, -0.2) is 4.57 Å². The summed E-state index contributed by atoms with van der Waals surface area (Å²) < 4.78 is 28.4. The number of aliphatic hydroxyl groups is 1. The first-order valence-corrected chi connectivity index (χ1v) is 8.95. The number of rotatable bonds is 10. The van der Waals surface area contributed by atoms with Gasteiger partial charge in [0.1, 0.15) is 0 Å². The molecule has 2 rings (SSSR count). The zero-order valence-corrected chi connectivity index (χ0v) is 14.3. The van der Waals surface area contributed by atoms with Crippen molar-refractivity contribution in [3.8, 4) is 0 Å². The Morgan fingerprint density at radius 1 is 0.958 bits per heavy atom. The van der Waals surface area contributed by atoms with Crippen molar-refractivity contribution in [3.63, 3.8) is 0 Å². The van der Waals surface area contributed by atoms with Gasteiger partial charge in [0.25, 0.3) is 0 Å². The second kappa shape index (κ2) is 8.92. The van der Waals surface area contributed by atoms with Crippen molar-refractivity contribution in [2.45, 2.75) is 13.2 Å². The maximum absolute atomic E-state index is 12.6. The standard InChI is InChI=1S/C18H21O5P/c1-3-11-21-24(20,22-12-4-2)23-14-17-10-6-8-15-7-5-9-16(13-19)18(15)17/h3-10,19H,1-2,11-14H2. The van der Waals surface area contributed by atoms with Gasteiger partial charge in [0.2, 0.25) is 0 Å². The minimum absolute atomic E-state index is 0.0277. The van der Waals surface area contributed by atoms with E-state index in [9.17, 15) is 9.67 Å². The summed E-state index contributed by atoms with van der Waals surface area (Å²) in [5, 5.41) is 11.4. The van der Waals surface area contributed by atoms with E-state index in [4.69, 9.17) is 13.6 Å². The lowest BCUT2D eigenvalue weighted by molar-refractivity contribution is 0.125. The van der Waals surface area contributed by atoms with Crippen molar-refractivity contribution in [1.29, 1.82) is 0 Å². The van der Waals surface area contributed by atoms with Gasteiger partial charge in [0.15, 0.2) is 0 Å². The summed E-state index contributed by atoms with van der Waals surface area (Å²) in [7, 11) is -3.72. The van der Waals surface area contributed by atoms with Crippen molar-refractivity contribution in [1.82, 2.24) is 0 Å². The highest BCUT2D eigenvalue weighted by Crippen LogP contribution is 2.50. The van der Waals surface area contributed by atoms with Crippen LogP contribution in [0.4, 0.5) is 0 Å². The quantitative estimate of drug-likeness (QED) is 0.510. The number of phosphoric acid groups is 1. The van der Waals surface area contributed by atoms with E-state index >= 15 is 0 Å². The SMILES string of the molecule is C=CCOP(=O)(OCC=C)OCc1cccc2cccc(CO)c12. The Hall–Kier alpha value is -1.75. The topological polar surface area (TPSA) is 65.0 Å². The van der Waals surface area contributed by atoms with Gasteiger partial charge in [0, 0.05) is 0 Å². The lowest BCUT2D eigenvalue weighted by Crippen LogP contribution is -2.02. The molecule has 0 heterocycles. The van der Waals surface area contributed by atoms with Crippen LogP contribution in [0.1, 0.15) is 11.1 Å². The fourth-order valence-electron chi connectivity index (χ4n) is 2.30. The first-order valence-electron chi connectivity index (χ1n) is 7.49. The van der Waals surface area contributed by atoms with Gasteiger partial charge in [-0.2, -0.15) is 0 Å². The second-order valence-electron chi connectivity index (χ2n) is 4.98. The Morgan fingerprint density at radius 2 is 1.54 bits per heavy atom. The fourth-order valence-corrected chi connectivity index (χ4v) is 3.40. The second-order valence-corrected chi connectivity index (χ2v) is 6.65. The minimum Gasteiger partial charge on any atom is -0.392 e. The third-order valence-corrected chi connectivity index (χ3v) is 4.70. The first-order chi connectivity index (χ1) is 11.6. The highest BCUT2D eigenvalue weighted by Gasteiger charge is 2.26. The normalized spacial score (nSPS) is 11.5. The summed E-state index contributed by atoms with van der Waals surface area (Å²) in [6.45, 7) is 7.07. The van der Waals surface area contributed by atoms with Gasteiger partial charge in [-0.15, -0.1) is 13.2 Å². The molecule has 0 saturated carbocycles. The Morgan fingerprint density at radius 3 is 2.08 bits per heavy atom. The van der Waals surface area contributed by atoms with Crippen LogP contribution in [-0.4, -0.2) is 18.3 Å². The highest BCUT2D eigenvalue weighted by molar-refractivity contribution is 7.48. The van der Waals surface area contributed by atoms with Crippen LogP contribution < -0.4 is 0 Å². The molecule has 2 aromatic carbocycles. The average molecular weight is 348 g/mol. The zero-order valence-electron chi connectivity index (χ0n) is 13.4. The van der Waals surface area contributed by atoms with Crippen LogP contribution >= 0.6 is 7.82 Å². The maximum atomic E-state index is 12.6. The molecule has 0 bridgehead atoms. The molecule has 0 amide bonds. The van der Waals surface area contributed by atoms with E-state index in [1.807, 2.05) is 36.4 Å². The Labute approximate surface area is 141 Å². The smallest absolute Gasteiger partial charge is 0.392 e. The molecule has 0 fully saturated rings. The van der Waals surface area contributed by atoms with Gasteiger partial charge in [-0.1, -0.05) is 48.6 Å². The van der Waals surface area contributed by atoms with Crippen LogP contribution in [0.25, 0.3) is 10.8 Å². The average Bonchev–Trinajstić information content (AvgIpc) is 2.62. The van der Waals surface area contributed by atoms with Crippen molar-refractivity contribution in [2.75, 3.05) is 13.2 Å². The monoisotopic (exact) mass is 348 g/mol. The molecular weight excluding hydrogens is 327 g/mol. The summed E-state index contributed by atoms with van der Waals surface area (Å²) in [6.07, 6.45) is 2.93. The van der Waals surface area contributed by atoms with E-state index in [0.717, 1.165) is 21.9 Å². The molecule has 0 atom stereocenters. The highest BCUT2D eigenvalue weighted by atomic mass is 31.2. The molecule has 0 radical (unpaired) electrons.